The van der Waals surface area contributed by atoms with Crippen LogP contribution in [-0.4, -0.2) is 18.4 Å². The van der Waals surface area contributed by atoms with Crippen molar-refractivity contribution < 1.29 is 9.84 Å². The van der Waals surface area contributed by atoms with Crippen LogP contribution in [0.4, 0.5) is 5.69 Å². The van der Waals surface area contributed by atoms with Crippen molar-refractivity contribution in [3.63, 3.8) is 0 Å². The molecule has 25 heavy (non-hydrogen) atoms. The van der Waals surface area contributed by atoms with E-state index >= 15 is 0 Å². The number of aliphatic imine (C=N–C) groups is 1. The van der Waals surface area contributed by atoms with Gasteiger partial charge < -0.3 is 9.84 Å². The maximum atomic E-state index is 10.2. The molecule has 0 bridgehead atoms. The number of aromatic hydroxyl groups is 1. The number of hydrogen-bond acceptors (Lipinski definition) is 3. The molecule has 0 aliphatic carbocycles. The molecule has 0 aliphatic rings. The summed E-state index contributed by atoms with van der Waals surface area (Å²) in [6.45, 7) is 0. The lowest BCUT2D eigenvalue weighted by molar-refractivity contribution is 0.415. The molecule has 0 unspecified atom stereocenters. The van der Waals surface area contributed by atoms with Crippen LogP contribution in [0.25, 0.3) is 0 Å². The molecular weight excluding hydrogens is 334 g/mol. The summed E-state index contributed by atoms with van der Waals surface area (Å²) >= 11 is 6.18. The lowest BCUT2D eigenvalue weighted by Crippen LogP contribution is -1.92. The summed E-state index contributed by atoms with van der Waals surface area (Å²) in [7, 11) is 1.62. The third kappa shape index (κ3) is 4.40. The number of rotatable bonds is 5. The van der Waals surface area contributed by atoms with Crippen molar-refractivity contribution in [2.75, 3.05) is 7.11 Å². The van der Waals surface area contributed by atoms with Crippen molar-refractivity contribution in [2.24, 2.45) is 4.99 Å². The zero-order chi connectivity index (χ0) is 17.6. The van der Waals surface area contributed by atoms with Gasteiger partial charge in [-0.25, -0.2) is 0 Å². The monoisotopic (exact) mass is 351 g/mol. The SMILES string of the molecule is COc1ccc(N=Cc2cc(Cc3ccccc3)cc(Cl)c2O)cc1. The largest absolute Gasteiger partial charge is 0.506 e. The lowest BCUT2D eigenvalue weighted by atomic mass is 10.0. The van der Waals surface area contributed by atoms with Crippen LogP contribution < -0.4 is 4.74 Å². The smallest absolute Gasteiger partial charge is 0.142 e. The molecule has 3 aromatic rings. The minimum atomic E-state index is 0.0377. The number of ether oxygens (including phenoxy) is 1. The molecule has 0 radical (unpaired) electrons. The first-order valence-electron chi connectivity index (χ1n) is 7.89. The highest BCUT2D eigenvalue weighted by Gasteiger charge is 2.08. The van der Waals surface area contributed by atoms with Crippen LogP contribution in [0.2, 0.25) is 5.02 Å². The van der Waals surface area contributed by atoms with E-state index in [1.54, 1.807) is 19.4 Å². The number of methoxy groups -OCH3 is 1. The van der Waals surface area contributed by atoms with Crippen molar-refractivity contribution in [3.8, 4) is 11.5 Å². The molecular formula is C21H18ClNO2. The van der Waals surface area contributed by atoms with Crippen molar-refractivity contribution in [3.05, 3.63) is 88.4 Å². The number of halogens is 1. The second-order valence-electron chi connectivity index (χ2n) is 5.63. The number of nitrogens with zero attached hydrogens (tertiary/aromatic N) is 1. The molecule has 3 rings (SSSR count). The van der Waals surface area contributed by atoms with Crippen molar-refractivity contribution in [2.45, 2.75) is 6.42 Å². The predicted octanol–water partition coefficient (Wildman–Crippen LogP) is 5.40. The van der Waals surface area contributed by atoms with E-state index in [2.05, 4.69) is 17.1 Å². The summed E-state index contributed by atoms with van der Waals surface area (Å²) in [6, 6.07) is 21.2. The first kappa shape index (κ1) is 17.1. The first-order valence-corrected chi connectivity index (χ1v) is 8.27. The number of phenols is 1. The number of benzene rings is 3. The molecule has 0 saturated carbocycles. The molecule has 3 nitrogen and oxygen atoms in total. The van der Waals surface area contributed by atoms with E-state index in [0.29, 0.717) is 10.6 Å². The lowest BCUT2D eigenvalue weighted by Gasteiger charge is -2.07. The highest BCUT2D eigenvalue weighted by atomic mass is 35.5. The van der Waals surface area contributed by atoms with Gasteiger partial charge in [0, 0.05) is 11.8 Å². The molecule has 0 atom stereocenters. The summed E-state index contributed by atoms with van der Waals surface area (Å²) in [5, 5.41) is 10.5. The van der Waals surface area contributed by atoms with Crippen LogP contribution in [0.5, 0.6) is 11.5 Å². The second-order valence-corrected chi connectivity index (χ2v) is 6.04. The van der Waals surface area contributed by atoms with Crippen LogP contribution in [0.1, 0.15) is 16.7 Å². The normalized spacial score (nSPS) is 11.0. The van der Waals surface area contributed by atoms with Crippen LogP contribution >= 0.6 is 11.6 Å². The first-order chi connectivity index (χ1) is 12.2. The van der Waals surface area contributed by atoms with E-state index in [0.717, 1.165) is 23.4 Å². The van der Waals surface area contributed by atoms with Gasteiger partial charge in [0.2, 0.25) is 0 Å². The molecule has 0 aromatic heterocycles. The highest BCUT2D eigenvalue weighted by Crippen LogP contribution is 2.29. The molecule has 0 spiro atoms. The van der Waals surface area contributed by atoms with E-state index in [-0.39, 0.29) is 5.75 Å². The Kier molecular flexibility index (Phi) is 5.36. The van der Waals surface area contributed by atoms with Crippen molar-refractivity contribution >= 4 is 23.5 Å². The fourth-order valence-corrected chi connectivity index (χ4v) is 2.77. The Hall–Kier alpha value is -2.78. The minimum Gasteiger partial charge on any atom is -0.506 e. The van der Waals surface area contributed by atoms with Gasteiger partial charge in [0.05, 0.1) is 17.8 Å². The van der Waals surface area contributed by atoms with Crippen LogP contribution in [-0.2, 0) is 6.42 Å². The average molecular weight is 352 g/mol. The molecule has 0 fully saturated rings. The Labute approximate surface area is 152 Å². The van der Waals surface area contributed by atoms with Crippen molar-refractivity contribution in [1.82, 2.24) is 0 Å². The zero-order valence-electron chi connectivity index (χ0n) is 13.8. The predicted molar refractivity (Wildman–Crippen MR) is 103 cm³/mol. The van der Waals surface area contributed by atoms with E-state index < -0.39 is 0 Å². The van der Waals surface area contributed by atoms with Crippen LogP contribution in [0, 0.1) is 0 Å². The standard InChI is InChI=1S/C21H18ClNO2/c1-25-19-9-7-18(8-10-19)23-14-17-12-16(13-20(22)21(17)24)11-15-5-3-2-4-6-15/h2-10,12-14,24H,11H2,1H3. The fourth-order valence-electron chi connectivity index (χ4n) is 2.52. The molecule has 0 saturated heterocycles. The maximum Gasteiger partial charge on any atom is 0.142 e. The quantitative estimate of drug-likeness (QED) is 0.626. The highest BCUT2D eigenvalue weighted by molar-refractivity contribution is 6.32. The van der Waals surface area contributed by atoms with Crippen LogP contribution in [0.3, 0.4) is 0 Å². The van der Waals surface area contributed by atoms with Gasteiger partial charge in [0.1, 0.15) is 11.5 Å². The van der Waals surface area contributed by atoms with E-state index in [1.165, 1.54) is 5.56 Å². The Balaban J connectivity index is 1.85. The van der Waals surface area contributed by atoms with Gasteiger partial charge in [-0.05, 0) is 53.9 Å². The third-order valence-electron chi connectivity index (χ3n) is 3.83. The van der Waals surface area contributed by atoms with E-state index in [4.69, 9.17) is 16.3 Å². The van der Waals surface area contributed by atoms with Gasteiger partial charge in [-0.2, -0.15) is 0 Å². The zero-order valence-corrected chi connectivity index (χ0v) is 14.6. The topological polar surface area (TPSA) is 41.8 Å². The Morgan fingerprint density at radius 1 is 1.00 bits per heavy atom. The van der Waals surface area contributed by atoms with Crippen molar-refractivity contribution in [1.29, 1.82) is 0 Å². The molecule has 0 amide bonds. The van der Waals surface area contributed by atoms with Gasteiger partial charge in [-0.15, -0.1) is 0 Å². The Morgan fingerprint density at radius 2 is 1.72 bits per heavy atom. The van der Waals surface area contributed by atoms with Gasteiger partial charge >= 0.3 is 0 Å². The minimum absolute atomic E-state index is 0.0377. The summed E-state index contributed by atoms with van der Waals surface area (Å²) < 4.78 is 5.13. The summed E-state index contributed by atoms with van der Waals surface area (Å²) in [6.07, 6.45) is 2.36. The third-order valence-corrected chi connectivity index (χ3v) is 4.12. The Morgan fingerprint density at radius 3 is 2.40 bits per heavy atom. The summed E-state index contributed by atoms with van der Waals surface area (Å²) in [5.41, 5.74) is 3.56. The van der Waals surface area contributed by atoms with Gasteiger partial charge in [-0.3, -0.25) is 4.99 Å². The molecule has 3 aromatic carbocycles. The van der Waals surface area contributed by atoms with Crippen LogP contribution in [0.15, 0.2) is 71.7 Å². The summed E-state index contributed by atoms with van der Waals surface area (Å²) in [5.74, 6) is 0.811. The van der Waals surface area contributed by atoms with E-state index in [9.17, 15) is 5.11 Å². The molecule has 0 heterocycles. The molecule has 4 heteroatoms. The fraction of sp³-hybridized carbons (Fsp3) is 0.0952. The average Bonchev–Trinajstić information content (AvgIpc) is 2.64. The maximum absolute atomic E-state index is 10.2. The van der Waals surface area contributed by atoms with Gasteiger partial charge in [0.15, 0.2) is 0 Å². The number of phenolic OH excluding ortho intramolecular Hbond substituents is 1. The number of hydrogen-bond donors (Lipinski definition) is 1. The molecule has 0 aliphatic heterocycles. The summed E-state index contributed by atoms with van der Waals surface area (Å²) in [4.78, 5) is 4.40. The van der Waals surface area contributed by atoms with Gasteiger partial charge in [0.25, 0.3) is 0 Å². The Bertz CT molecular complexity index is 874. The molecule has 1 N–H and O–H groups in total. The second kappa shape index (κ2) is 7.86. The van der Waals surface area contributed by atoms with E-state index in [1.807, 2.05) is 48.5 Å². The molecule has 126 valence electrons. The van der Waals surface area contributed by atoms with Gasteiger partial charge in [-0.1, -0.05) is 41.9 Å².